The molecule has 0 fully saturated rings. The molecular formula is C17H17BrFNO3. The Morgan fingerprint density at radius 3 is 2.04 bits per heavy atom. The molecule has 0 aliphatic carbocycles. The van der Waals surface area contributed by atoms with Crippen molar-refractivity contribution in [2.75, 3.05) is 26.2 Å². The van der Waals surface area contributed by atoms with Gasteiger partial charge in [-0.15, -0.1) is 0 Å². The van der Waals surface area contributed by atoms with E-state index in [1.165, 1.54) is 43.4 Å². The number of hydrogen-bond acceptors (Lipinski definition) is 3. The van der Waals surface area contributed by atoms with Crippen molar-refractivity contribution in [3.63, 3.8) is 0 Å². The average molecular weight is 382 g/mol. The number of halogens is 2. The standard InChI is InChI=1S/C17H17BrFNO3/c1-20(15-10-8-14(19)9-11-15)16(21)17(22-2,23-3)12-4-6-13(18)7-5-12/h4-11H,1-3H3. The molecule has 4 nitrogen and oxygen atoms in total. The number of carbonyl (C=O) groups is 1. The van der Waals surface area contributed by atoms with Crippen LogP contribution in [0.25, 0.3) is 0 Å². The first-order valence-corrected chi connectivity index (χ1v) is 7.64. The zero-order chi connectivity index (χ0) is 17.0. The molecular weight excluding hydrogens is 365 g/mol. The summed E-state index contributed by atoms with van der Waals surface area (Å²) in [4.78, 5) is 14.3. The maximum absolute atomic E-state index is 13.1. The van der Waals surface area contributed by atoms with E-state index in [-0.39, 0.29) is 5.82 Å². The van der Waals surface area contributed by atoms with Gasteiger partial charge in [-0.1, -0.05) is 28.1 Å². The highest BCUT2D eigenvalue weighted by Crippen LogP contribution is 2.31. The first-order valence-electron chi connectivity index (χ1n) is 6.84. The Kier molecular flexibility index (Phi) is 5.51. The molecule has 2 aromatic rings. The predicted molar refractivity (Wildman–Crippen MR) is 89.6 cm³/mol. The number of likely N-dealkylation sites (N-methyl/N-ethyl adjacent to an activating group) is 1. The summed E-state index contributed by atoms with van der Waals surface area (Å²) in [6, 6.07) is 12.7. The quantitative estimate of drug-likeness (QED) is 0.741. The van der Waals surface area contributed by atoms with Gasteiger partial charge in [0.05, 0.1) is 0 Å². The van der Waals surface area contributed by atoms with E-state index in [4.69, 9.17) is 9.47 Å². The molecule has 122 valence electrons. The highest BCUT2D eigenvalue weighted by Gasteiger charge is 2.43. The van der Waals surface area contributed by atoms with Crippen LogP contribution in [0.4, 0.5) is 10.1 Å². The number of methoxy groups -OCH3 is 2. The Morgan fingerprint density at radius 2 is 1.57 bits per heavy atom. The zero-order valence-corrected chi connectivity index (χ0v) is 14.6. The maximum atomic E-state index is 13.1. The highest BCUT2D eigenvalue weighted by molar-refractivity contribution is 9.10. The number of nitrogens with zero attached hydrogens (tertiary/aromatic N) is 1. The van der Waals surface area contributed by atoms with Crippen molar-refractivity contribution in [1.82, 2.24) is 0 Å². The number of hydrogen-bond donors (Lipinski definition) is 0. The van der Waals surface area contributed by atoms with Crippen molar-refractivity contribution in [3.8, 4) is 0 Å². The Balaban J connectivity index is 2.41. The first-order chi connectivity index (χ1) is 10.9. The summed E-state index contributed by atoms with van der Waals surface area (Å²) in [5, 5.41) is 0. The van der Waals surface area contributed by atoms with E-state index >= 15 is 0 Å². The Hall–Kier alpha value is -1.76. The molecule has 6 heteroatoms. The lowest BCUT2D eigenvalue weighted by Gasteiger charge is -2.33. The number of carbonyl (C=O) groups excluding carboxylic acids is 1. The normalized spacial score (nSPS) is 11.3. The lowest BCUT2D eigenvalue weighted by molar-refractivity contribution is -0.212. The third kappa shape index (κ3) is 3.44. The fourth-order valence-electron chi connectivity index (χ4n) is 2.29. The van der Waals surface area contributed by atoms with Crippen LogP contribution in [-0.2, 0) is 20.1 Å². The lowest BCUT2D eigenvalue weighted by Crippen LogP contribution is -2.48. The number of anilines is 1. The molecule has 0 N–H and O–H groups in total. The molecule has 0 radical (unpaired) electrons. The molecule has 0 heterocycles. The van der Waals surface area contributed by atoms with Crippen LogP contribution in [0, 0.1) is 5.82 Å². The van der Waals surface area contributed by atoms with Gasteiger partial charge in [0.1, 0.15) is 5.82 Å². The second kappa shape index (κ2) is 7.21. The van der Waals surface area contributed by atoms with Crippen LogP contribution in [0.5, 0.6) is 0 Å². The van der Waals surface area contributed by atoms with Gasteiger partial charge >= 0.3 is 0 Å². The summed E-state index contributed by atoms with van der Waals surface area (Å²) in [5.41, 5.74) is 1.09. The number of ether oxygens (including phenoxy) is 2. The topological polar surface area (TPSA) is 38.8 Å². The fourth-order valence-corrected chi connectivity index (χ4v) is 2.55. The van der Waals surface area contributed by atoms with Crippen LogP contribution in [0.2, 0.25) is 0 Å². The molecule has 0 aliphatic rings. The second-order valence-corrected chi connectivity index (χ2v) is 5.79. The van der Waals surface area contributed by atoms with Crippen molar-refractivity contribution in [2.24, 2.45) is 0 Å². The molecule has 0 aromatic heterocycles. The smallest absolute Gasteiger partial charge is 0.292 e. The van der Waals surface area contributed by atoms with Gasteiger partial charge in [-0.25, -0.2) is 4.39 Å². The molecule has 0 unspecified atom stereocenters. The van der Waals surface area contributed by atoms with Gasteiger partial charge in [0.25, 0.3) is 11.7 Å². The summed E-state index contributed by atoms with van der Waals surface area (Å²) in [6.45, 7) is 0. The summed E-state index contributed by atoms with van der Waals surface area (Å²) in [5.74, 6) is -2.37. The molecule has 0 bridgehead atoms. The van der Waals surface area contributed by atoms with E-state index < -0.39 is 11.7 Å². The molecule has 2 rings (SSSR count). The minimum absolute atomic E-state index is 0.368. The first kappa shape index (κ1) is 17.6. The third-order valence-electron chi connectivity index (χ3n) is 3.60. The van der Waals surface area contributed by atoms with Gasteiger partial charge in [-0.2, -0.15) is 0 Å². The lowest BCUT2D eigenvalue weighted by atomic mass is 10.0. The maximum Gasteiger partial charge on any atom is 0.292 e. The van der Waals surface area contributed by atoms with Crippen molar-refractivity contribution < 1.29 is 18.7 Å². The summed E-state index contributed by atoms with van der Waals surface area (Å²) in [7, 11) is 4.39. The molecule has 2 aromatic carbocycles. The molecule has 0 atom stereocenters. The van der Waals surface area contributed by atoms with E-state index in [1.807, 2.05) is 0 Å². The van der Waals surface area contributed by atoms with Gasteiger partial charge in [0, 0.05) is 37.0 Å². The predicted octanol–water partition coefficient (Wildman–Crippen LogP) is 3.70. The minimum Gasteiger partial charge on any atom is -0.342 e. The van der Waals surface area contributed by atoms with Crippen LogP contribution in [0.3, 0.4) is 0 Å². The van der Waals surface area contributed by atoms with Crippen LogP contribution >= 0.6 is 15.9 Å². The Morgan fingerprint density at radius 1 is 1.04 bits per heavy atom. The fraction of sp³-hybridized carbons (Fsp3) is 0.235. The number of benzene rings is 2. The van der Waals surface area contributed by atoms with Crippen molar-refractivity contribution >= 4 is 27.5 Å². The van der Waals surface area contributed by atoms with Crippen molar-refractivity contribution in [2.45, 2.75) is 5.79 Å². The SMILES string of the molecule is COC(OC)(C(=O)N(C)c1ccc(F)cc1)c1ccc(Br)cc1. The Bertz CT molecular complexity index is 669. The van der Waals surface area contributed by atoms with Crippen LogP contribution in [-0.4, -0.2) is 27.2 Å². The van der Waals surface area contributed by atoms with Gasteiger partial charge < -0.3 is 14.4 Å². The largest absolute Gasteiger partial charge is 0.342 e. The number of rotatable bonds is 5. The monoisotopic (exact) mass is 381 g/mol. The van der Waals surface area contributed by atoms with Crippen molar-refractivity contribution in [3.05, 3.63) is 64.4 Å². The summed E-state index contributed by atoms with van der Waals surface area (Å²) < 4.78 is 24.8. The van der Waals surface area contributed by atoms with Gasteiger partial charge in [0.2, 0.25) is 0 Å². The molecule has 0 spiro atoms. The zero-order valence-electron chi connectivity index (χ0n) is 13.0. The van der Waals surface area contributed by atoms with E-state index in [0.717, 1.165) is 4.47 Å². The van der Waals surface area contributed by atoms with Gasteiger partial charge in [0.15, 0.2) is 0 Å². The average Bonchev–Trinajstić information content (AvgIpc) is 2.58. The van der Waals surface area contributed by atoms with Crippen LogP contribution < -0.4 is 4.90 Å². The van der Waals surface area contributed by atoms with Crippen molar-refractivity contribution in [1.29, 1.82) is 0 Å². The molecule has 23 heavy (non-hydrogen) atoms. The summed E-state index contributed by atoms with van der Waals surface area (Å²) in [6.07, 6.45) is 0. The number of amides is 1. The molecule has 1 amide bonds. The van der Waals surface area contributed by atoms with Crippen LogP contribution in [0.1, 0.15) is 5.56 Å². The van der Waals surface area contributed by atoms with Gasteiger partial charge in [-0.3, -0.25) is 4.79 Å². The van der Waals surface area contributed by atoms with E-state index in [1.54, 1.807) is 31.3 Å². The second-order valence-electron chi connectivity index (χ2n) is 4.87. The molecule has 0 aliphatic heterocycles. The minimum atomic E-state index is -1.58. The highest BCUT2D eigenvalue weighted by atomic mass is 79.9. The summed E-state index contributed by atoms with van der Waals surface area (Å²) >= 11 is 3.35. The van der Waals surface area contributed by atoms with Crippen LogP contribution in [0.15, 0.2) is 53.0 Å². The third-order valence-corrected chi connectivity index (χ3v) is 4.13. The van der Waals surface area contributed by atoms with E-state index in [0.29, 0.717) is 11.3 Å². The van der Waals surface area contributed by atoms with E-state index in [9.17, 15) is 9.18 Å². The molecule has 0 saturated heterocycles. The molecule has 0 saturated carbocycles. The Labute approximate surface area is 142 Å². The van der Waals surface area contributed by atoms with Gasteiger partial charge in [-0.05, 0) is 36.4 Å². The van der Waals surface area contributed by atoms with E-state index in [2.05, 4.69) is 15.9 Å².